The molecule has 2 amide bonds. The fourth-order valence-corrected chi connectivity index (χ4v) is 6.42. The maximum atomic E-state index is 15.3. The molecule has 2 saturated heterocycles. The molecule has 3 aromatic rings. The molecule has 9 nitrogen and oxygen atoms in total. The van der Waals surface area contributed by atoms with Crippen molar-refractivity contribution < 1.29 is 23.5 Å². The van der Waals surface area contributed by atoms with Gasteiger partial charge in [0.25, 0.3) is 0 Å². The van der Waals surface area contributed by atoms with Gasteiger partial charge < -0.3 is 24.2 Å². The van der Waals surface area contributed by atoms with Crippen LogP contribution in [0.5, 0.6) is 0 Å². The summed E-state index contributed by atoms with van der Waals surface area (Å²) in [7, 11) is 0. The topological polar surface area (TPSA) is 99.0 Å². The van der Waals surface area contributed by atoms with Crippen molar-refractivity contribution in [2.75, 3.05) is 37.6 Å². The number of hydrogen-bond acceptors (Lipinski definition) is 7. The molecule has 1 aromatic heterocycles. The molecule has 0 saturated carbocycles. The molecule has 3 aliphatic heterocycles. The van der Waals surface area contributed by atoms with Gasteiger partial charge in [0.15, 0.2) is 0 Å². The average molecular weight is 598 g/mol. The van der Waals surface area contributed by atoms with E-state index in [1.54, 1.807) is 28.0 Å². The van der Waals surface area contributed by atoms with E-state index in [0.717, 1.165) is 17.5 Å². The number of aromatic nitrogens is 1. The Morgan fingerprint density at radius 1 is 1.00 bits per heavy atom. The van der Waals surface area contributed by atoms with E-state index in [4.69, 9.17) is 14.5 Å². The van der Waals surface area contributed by atoms with Crippen molar-refractivity contribution in [2.24, 2.45) is 5.41 Å². The standard InChI is InChI=1S/C34H36FN5O4/c1-33(2,3)44-32(42)40-21-34(22-40)14-16-39(20-34)30-26(17-36)29(24-11-7-8-12-27(24)35)25-13-15-38(18-28(25)37-30)31(41)43-19-23-9-5-4-6-10-23/h4-12H,13-16,18-22H2,1-3H3. The summed E-state index contributed by atoms with van der Waals surface area (Å²) in [6.45, 7) is 8.62. The maximum Gasteiger partial charge on any atom is 0.410 e. The lowest BCUT2D eigenvalue weighted by Crippen LogP contribution is -2.60. The normalized spacial score (nSPS) is 17.1. The summed E-state index contributed by atoms with van der Waals surface area (Å²) >= 11 is 0. The molecular formula is C34H36FN5O4. The van der Waals surface area contributed by atoms with Crippen LogP contribution < -0.4 is 4.90 Å². The van der Waals surface area contributed by atoms with Gasteiger partial charge in [-0.1, -0.05) is 48.5 Å². The van der Waals surface area contributed by atoms with Crippen LogP contribution in [0.1, 0.15) is 49.6 Å². The Morgan fingerprint density at radius 3 is 2.43 bits per heavy atom. The van der Waals surface area contributed by atoms with Gasteiger partial charge in [-0.05, 0) is 50.8 Å². The summed E-state index contributed by atoms with van der Waals surface area (Å²) < 4.78 is 26.4. The zero-order valence-electron chi connectivity index (χ0n) is 25.3. The van der Waals surface area contributed by atoms with Crippen LogP contribution in [0.2, 0.25) is 0 Å². The number of likely N-dealkylation sites (tertiary alicyclic amines) is 1. The molecule has 2 fully saturated rings. The first-order valence-corrected chi connectivity index (χ1v) is 15.0. The van der Waals surface area contributed by atoms with E-state index in [9.17, 15) is 14.9 Å². The van der Waals surface area contributed by atoms with E-state index >= 15 is 4.39 Å². The second-order valence-electron chi connectivity index (χ2n) is 12.9. The van der Waals surface area contributed by atoms with E-state index in [0.29, 0.717) is 67.3 Å². The second kappa shape index (κ2) is 11.5. The highest BCUT2D eigenvalue weighted by molar-refractivity contribution is 5.81. The first-order chi connectivity index (χ1) is 21.1. The van der Waals surface area contributed by atoms with Crippen LogP contribution in [0.4, 0.5) is 19.8 Å². The molecule has 2 aromatic carbocycles. The molecule has 4 heterocycles. The molecule has 44 heavy (non-hydrogen) atoms. The van der Waals surface area contributed by atoms with Gasteiger partial charge in [-0.2, -0.15) is 5.26 Å². The number of rotatable bonds is 4. The number of amides is 2. The molecule has 1 spiro atoms. The monoisotopic (exact) mass is 597 g/mol. The first kappa shape index (κ1) is 29.4. The Labute approximate surface area is 256 Å². The van der Waals surface area contributed by atoms with Crippen molar-refractivity contribution >= 4 is 18.0 Å². The third kappa shape index (κ3) is 5.79. The molecule has 0 N–H and O–H groups in total. The fraction of sp³-hybridized carbons (Fsp3) is 0.412. The predicted molar refractivity (Wildman–Crippen MR) is 162 cm³/mol. The third-order valence-electron chi connectivity index (χ3n) is 8.50. The van der Waals surface area contributed by atoms with Crippen LogP contribution in [0, 0.1) is 22.6 Å². The largest absolute Gasteiger partial charge is 0.445 e. The van der Waals surface area contributed by atoms with E-state index < -0.39 is 17.5 Å². The minimum atomic E-state index is -0.568. The van der Waals surface area contributed by atoms with Gasteiger partial charge in [-0.25, -0.2) is 19.0 Å². The first-order valence-electron chi connectivity index (χ1n) is 15.0. The number of nitriles is 1. The molecular weight excluding hydrogens is 561 g/mol. The van der Waals surface area contributed by atoms with Gasteiger partial charge >= 0.3 is 12.2 Å². The van der Waals surface area contributed by atoms with Crippen LogP contribution >= 0.6 is 0 Å². The summed E-state index contributed by atoms with van der Waals surface area (Å²) in [5.74, 6) is 0.0644. The Balaban J connectivity index is 1.28. The van der Waals surface area contributed by atoms with E-state index in [1.807, 2.05) is 51.1 Å². The summed E-state index contributed by atoms with van der Waals surface area (Å²) in [5.41, 5.74) is 2.80. The number of carbonyl (C=O) groups excluding carboxylic acids is 2. The zero-order chi connectivity index (χ0) is 31.1. The lowest BCUT2D eigenvalue weighted by Gasteiger charge is -2.47. The number of halogens is 1. The van der Waals surface area contributed by atoms with Gasteiger partial charge in [0.1, 0.15) is 35.5 Å². The Hall–Kier alpha value is -4.65. The molecule has 0 unspecified atom stereocenters. The van der Waals surface area contributed by atoms with Crippen molar-refractivity contribution in [3.63, 3.8) is 0 Å². The maximum absolute atomic E-state index is 15.3. The van der Waals surface area contributed by atoms with Gasteiger partial charge in [0.2, 0.25) is 0 Å². The molecule has 0 atom stereocenters. The van der Waals surface area contributed by atoms with Crippen molar-refractivity contribution in [3.8, 4) is 17.2 Å². The summed E-state index contributed by atoms with van der Waals surface area (Å²) in [5, 5.41) is 10.5. The Morgan fingerprint density at radius 2 is 1.73 bits per heavy atom. The lowest BCUT2D eigenvalue weighted by atomic mass is 9.79. The molecule has 3 aliphatic rings. The SMILES string of the molecule is CC(C)(C)OC(=O)N1CC2(CCN(c3nc4c(c(-c5ccccc5F)c3C#N)CCN(C(=O)OCc3ccccc3)C4)C2)C1. The quantitative estimate of drug-likeness (QED) is 0.369. The fourth-order valence-electron chi connectivity index (χ4n) is 6.42. The third-order valence-corrected chi connectivity index (χ3v) is 8.50. The van der Waals surface area contributed by atoms with Crippen LogP contribution in [-0.2, 0) is 29.0 Å². The number of hydrogen-bond donors (Lipinski definition) is 0. The number of pyridine rings is 1. The van der Waals surface area contributed by atoms with Gasteiger partial charge in [-0.15, -0.1) is 0 Å². The van der Waals surface area contributed by atoms with Crippen molar-refractivity contribution in [3.05, 3.63) is 82.8 Å². The minimum absolute atomic E-state index is 0.132. The number of nitrogens with zero attached hydrogens (tertiary/aromatic N) is 5. The molecule has 228 valence electrons. The highest BCUT2D eigenvalue weighted by Gasteiger charge is 2.51. The predicted octanol–water partition coefficient (Wildman–Crippen LogP) is 5.90. The summed E-state index contributed by atoms with van der Waals surface area (Å²) in [4.78, 5) is 36.0. The Bertz CT molecular complexity index is 1630. The molecule has 10 heteroatoms. The van der Waals surface area contributed by atoms with E-state index in [2.05, 4.69) is 11.0 Å². The van der Waals surface area contributed by atoms with Crippen LogP contribution in [0.15, 0.2) is 54.6 Å². The van der Waals surface area contributed by atoms with E-state index in [1.165, 1.54) is 6.07 Å². The van der Waals surface area contributed by atoms with Gasteiger partial charge in [-0.3, -0.25) is 0 Å². The minimum Gasteiger partial charge on any atom is -0.445 e. The Kier molecular flexibility index (Phi) is 7.66. The highest BCUT2D eigenvalue weighted by atomic mass is 19.1. The van der Waals surface area contributed by atoms with Crippen LogP contribution in [0.25, 0.3) is 11.1 Å². The number of benzene rings is 2. The molecule has 0 bridgehead atoms. The number of carbonyl (C=O) groups is 2. The molecule has 0 aliphatic carbocycles. The summed E-state index contributed by atoms with van der Waals surface area (Å²) in [6, 6.07) is 18.3. The average Bonchev–Trinajstić information content (AvgIpc) is 3.44. The zero-order valence-corrected chi connectivity index (χ0v) is 25.3. The van der Waals surface area contributed by atoms with Crippen molar-refractivity contribution in [1.82, 2.24) is 14.8 Å². The number of fused-ring (bicyclic) bond motifs is 1. The number of anilines is 1. The number of ether oxygens (including phenoxy) is 2. The van der Waals surface area contributed by atoms with Crippen LogP contribution in [0.3, 0.4) is 0 Å². The smallest absolute Gasteiger partial charge is 0.410 e. The van der Waals surface area contributed by atoms with Crippen LogP contribution in [-0.4, -0.2) is 65.3 Å². The lowest BCUT2D eigenvalue weighted by molar-refractivity contribution is -0.0266. The van der Waals surface area contributed by atoms with Crippen molar-refractivity contribution in [1.29, 1.82) is 5.26 Å². The van der Waals surface area contributed by atoms with E-state index in [-0.39, 0.29) is 24.7 Å². The highest BCUT2D eigenvalue weighted by Crippen LogP contribution is 2.44. The second-order valence-corrected chi connectivity index (χ2v) is 12.9. The van der Waals surface area contributed by atoms with Crippen molar-refractivity contribution in [2.45, 2.75) is 52.4 Å². The molecule has 6 rings (SSSR count). The molecule has 0 radical (unpaired) electrons. The summed E-state index contributed by atoms with van der Waals surface area (Å²) in [6.07, 6.45) is 0.461. The van der Waals surface area contributed by atoms with Gasteiger partial charge in [0.05, 0.1) is 12.2 Å². The van der Waals surface area contributed by atoms with Gasteiger partial charge in [0, 0.05) is 49.3 Å².